The zero-order chi connectivity index (χ0) is 31.8. The molecule has 4 aromatic rings. The largest absolute Gasteiger partial charge is 0.508 e. The first kappa shape index (κ1) is 30.8. The number of ketones is 1. The van der Waals surface area contributed by atoms with Crippen molar-refractivity contribution < 1.29 is 27.4 Å². The predicted octanol–water partition coefficient (Wildman–Crippen LogP) is 8.86. The molecule has 2 heterocycles. The van der Waals surface area contributed by atoms with Gasteiger partial charge in [-0.25, -0.2) is 16.8 Å². The van der Waals surface area contributed by atoms with Crippen molar-refractivity contribution in [2.75, 3.05) is 0 Å². The molecule has 2 aliphatic rings. The summed E-state index contributed by atoms with van der Waals surface area (Å²) in [5.74, 6) is 0.675. The number of allylic oxidation sites excluding steroid dienone is 2. The zero-order valence-electron chi connectivity index (χ0n) is 25.5. The highest BCUT2D eigenvalue weighted by molar-refractivity contribution is 7.90. The van der Waals surface area contributed by atoms with Gasteiger partial charge in [-0.2, -0.15) is 0 Å². The maximum absolute atomic E-state index is 14.7. The van der Waals surface area contributed by atoms with Gasteiger partial charge in [-0.15, -0.1) is 0 Å². The first-order valence-electron chi connectivity index (χ1n) is 15.7. The Bertz CT molecular complexity index is 1890. The number of aromatic hydroxyl groups is 1. The van der Waals surface area contributed by atoms with Gasteiger partial charge in [-0.1, -0.05) is 94.4 Å². The molecule has 1 atom stereocenters. The van der Waals surface area contributed by atoms with Gasteiger partial charge in [0, 0.05) is 22.7 Å². The van der Waals surface area contributed by atoms with E-state index in [0.717, 1.165) is 25.7 Å². The van der Waals surface area contributed by atoms with Gasteiger partial charge < -0.3 is 9.84 Å². The topological polar surface area (TPSA) is 85.6 Å². The number of alkyl halides is 1. The summed E-state index contributed by atoms with van der Waals surface area (Å²) >= 11 is 0. The number of ether oxygens (including phenoxy) is 1. The molecule has 1 N–H and O–H groups in total. The van der Waals surface area contributed by atoms with Gasteiger partial charge in [0.05, 0.1) is 16.0 Å². The quantitative estimate of drug-likeness (QED) is 0.163. The third-order valence-corrected chi connectivity index (χ3v) is 10.9. The van der Waals surface area contributed by atoms with Gasteiger partial charge >= 0.3 is 0 Å². The van der Waals surface area contributed by atoms with Crippen LogP contribution in [0, 0.1) is 5.92 Å². The second kappa shape index (κ2) is 12.3. The van der Waals surface area contributed by atoms with E-state index in [2.05, 4.69) is 6.58 Å². The van der Waals surface area contributed by atoms with Crippen molar-refractivity contribution in [3.05, 3.63) is 108 Å². The first-order valence-corrected chi connectivity index (χ1v) is 17.1. The lowest BCUT2D eigenvalue weighted by Gasteiger charge is -2.18. The van der Waals surface area contributed by atoms with Crippen LogP contribution in [0.1, 0.15) is 85.3 Å². The van der Waals surface area contributed by atoms with Crippen LogP contribution in [0.4, 0.5) is 4.39 Å². The minimum atomic E-state index is -4.07. The van der Waals surface area contributed by atoms with Crippen molar-refractivity contribution in [2.45, 2.75) is 75.3 Å². The highest BCUT2D eigenvalue weighted by Crippen LogP contribution is 2.42. The zero-order valence-corrected chi connectivity index (χ0v) is 26.3. The minimum Gasteiger partial charge on any atom is -0.508 e. The molecule has 0 saturated heterocycles. The van der Waals surface area contributed by atoms with Crippen LogP contribution in [-0.2, 0) is 22.1 Å². The fourth-order valence-corrected chi connectivity index (χ4v) is 7.90. The lowest BCUT2D eigenvalue weighted by molar-refractivity contribution is 0.101. The number of phenolic OH excluding ortho intramolecular Hbond substituents is 1. The Kier molecular flexibility index (Phi) is 8.44. The Balaban J connectivity index is 1.34. The standard InChI is InChI=1S/C37H38FNO5S/c1-3-37(2,38)27-16-18-28(19-17-27)45(42,43)39-24-26(29-14-10-11-15-32(29)39)23-34-35(41)30-20-21-33(40)31(36(30)44-34)22-25-12-8-6-4-5-7-9-13-25/h3,10-11,14-21,23-25,40H,1,4-9,12-13,22H2,2H3/b34-23-. The van der Waals surface area contributed by atoms with E-state index in [-0.39, 0.29) is 22.2 Å². The number of aromatic nitrogens is 1. The Morgan fingerprint density at radius 3 is 2.36 bits per heavy atom. The molecule has 0 bridgehead atoms. The number of benzene rings is 3. The van der Waals surface area contributed by atoms with E-state index in [0.29, 0.717) is 51.2 Å². The highest BCUT2D eigenvalue weighted by Gasteiger charge is 2.33. The first-order chi connectivity index (χ1) is 21.6. The summed E-state index contributed by atoms with van der Waals surface area (Å²) in [4.78, 5) is 13.6. The molecule has 0 amide bonds. The summed E-state index contributed by atoms with van der Waals surface area (Å²) in [7, 11) is -4.07. The maximum atomic E-state index is 14.7. The van der Waals surface area contributed by atoms with E-state index in [1.54, 1.807) is 42.5 Å². The van der Waals surface area contributed by atoms with Gasteiger partial charge in [0.15, 0.2) is 11.4 Å². The van der Waals surface area contributed by atoms with Gasteiger partial charge in [0.25, 0.3) is 10.0 Å². The Hall–Kier alpha value is -4.17. The molecular weight excluding hydrogens is 589 g/mol. The normalized spacial score (nSPS) is 18.5. The van der Waals surface area contributed by atoms with Crippen LogP contribution in [0.15, 0.2) is 90.2 Å². The minimum absolute atomic E-state index is 0.00305. The molecule has 1 aromatic heterocycles. The molecule has 0 radical (unpaired) electrons. The number of nitrogens with zero attached hydrogens (tertiary/aromatic N) is 1. The molecule has 3 aromatic carbocycles. The van der Waals surface area contributed by atoms with E-state index in [1.165, 1.54) is 73.1 Å². The fourth-order valence-electron chi connectivity index (χ4n) is 6.52. The van der Waals surface area contributed by atoms with Gasteiger partial charge in [-0.3, -0.25) is 4.79 Å². The monoisotopic (exact) mass is 627 g/mol. The summed E-state index contributed by atoms with van der Waals surface area (Å²) in [5, 5.41) is 11.5. The average molecular weight is 628 g/mol. The van der Waals surface area contributed by atoms with Crippen molar-refractivity contribution in [2.24, 2.45) is 5.92 Å². The Morgan fingerprint density at radius 1 is 1.00 bits per heavy atom. The molecule has 45 heavy (non-hydrogen) atoms. The Labute approximate surface area is 263 Å². The molecule has 1 aliphatic carbocycles. The molecule has 6 rings (SSSR count). The van der Waals surface area contributed by atoms with Crippen LogP contribution in [0.25, 0.3) is 17.0 Å². The summed E-state index contributed by atoms with van der Waals surface area (Å²) in [6.07, 6.45) is 14.3. The van der Waals surface area contributed by atoms with Crippen molar-refractivity contribution in [3.8, 4) is 11.5 Å². The molecule has 1 fully saturated rings. The van der Waals surface area contributed by atoms with Crippen LogP contribution < -0.4 is 4.74 Å². The lowest BCUT2D eigenvalue weighted by Crippen LogP contribution is -2.14. The molecule has 8 heteroatoms. The van der Waals surface area contributed by atoms with Crippen LogP contribution in [0.2, 0.25) is 0 Å². The van der Waals surface area contributed by atoms with Crippen LogP contribution in [0.5, 0.6) is 11.5 Å². The number of halogens is 1. The summed E-state index contributed by atoms with van der Waals surface area (Å²) in [6.45, 7) is 4.88. The van der Waals surface area contributed by atoms with Gasteiger partial charge in [0.2, 0.25) is 5.78 Å². The number of phenols is 1. The number of carbonyl (C=O) groups is 1. The summed E-state index contributed by atoms with van der Waals surface area (Å²) < 4.78 is 49.7. The maximum Gasteiger partial charge on any atom is 0.268 e. The molecule has 234 valence electrons. The number of hydrogen-bond donors (Lipinski definition) is 1. The number of fused-ring (bicyclic) bond motifs is 2. The van der Waals surface area contributed by atoms with E-state index in [4.69, 9.17) is 4.74 Å². The fraction of sp³-hybridized carbons (Fsp3) is 0.324. The van der Waals surface area contributed by atoms with Crippen molar-refractivity contribution in [1.29, 1.82) is 0 Å². The molecule has 1 saturated carbocycles. The van der Waals surface area contributed by atoms with Gasteiger partial charge in [-0.05, 0) is 61.2 Å². The third-order valence-electron chi connectivity index (χ3n) is 9.24. The van der Waals surface area contributed by atoms with Gasteiger partial charge in [0.1, 0.15) is 11.5 Å². The van der Waals surface area contributed by atoms with Crippen molar-refractivity contribution >= 4 is 32.8 Å². The van der Waals surface area contributed by atoms with E-state index < -0.39 is 15.7 Å². The highest BCUT2D eigenvalue weighted by atomic mass is 32.2. The average Bonchev–Trinajstić information content (AvgIpc) is 3.60. The lowest BCUT2D eigenvalue weighted by atomic mass is 9.89. The second-order valence-electron chi connectivity index (χ2n) is 12.4. The number of carbonyl (C=O) groups excluding carboxylic acids is 1. The summed E-state index contributed by atoms with van der Waals surface area (Å²) in [5.41, 5.74) is 0.475. The van der Waals surface area contributed by atoms with Crippen LogP contribution >= 0.6 is 0 Å². The van der Waals surface area contributed by atoms with Crippen LogP contribution in [0.3, 0.4) is 0 Å². The number of rotatable bonds is 7. The van der Waals surface area contributed by atoms with E-state index in [9.17, 15) is 22.7 Å². The third kappa shape index (κ3) is 5.96. The SMILES string of the molecule is C=CC(C)(F)c1ccc(S(=O)(=O)n2cc(/C=C3\Oc4c(ccc(O)c4CC4CCCCCCCC4)C3=O)c3ccccc32)cc1. The molecule has 1 unspecified atom stereocenters. The number of para-hydroxylation sites is 1. The summed E-state index contributed by atoms with van der Waals surface area (Å²) in [6, 6.07) is 15.8. The molecular formula is C37H38FNO5S. The van der Waals surface area contributed by atoms with Crippen molar-refractivity contribution in [1.82, 2.24) is 3.97 Å². The smallest absolute Gasteiger partial charge is 0.268 e. The second-order valence-corrected chi connectivity index (χ2v) is 14.2. The van der Waals surface area contributed by atoms with E-state index >= 15 is 0 Å². The number of Topliss-reactive ketones (excluding diaryl/α,β-unsaturated/α-hetero) is 1. The molecule has 1 aliphatic heterocycles. The van der Waals surface area contributed by atoms with Crippen molar-refractivity contribution in [3.63, 3.8) is 0 Å². The van der Waals surface area contributed by atoms with E-state index in [1.807, 2.05) is 0 Å². The number of hydrogen-bond acceptors (Lipinski definition) is 5. The van der Waals surface area contributed by atoms with Crippen LogP contribution in [-0.4, -0.2) is 23.3 Å². The predicted molar refractivity (Wildman–Crippen MR) is 175 cm³/mol. The molecule has 6 nitrogen and oxygen atoms in total. The Morgan fingerprint density at radius 2 is 1.67 bits per heavy atom. The molecule has 0 spiro atoms.